The molecule has 0 saturated heterocycles. The van der Waals surface area contributed by atoms with E-state index in [1.165, 1.54) is 17.6 Å². The highest BCUT2D eigenvalue weighted by molar-refractivity contribution is 7.11. The minimum atomic E-state index is -0.838. The number of thiophene rings is 1. The highest BCUT2D eigenvalue weighted by atomic mass is 32.1. The van der Waals surface area contributed by atoms with Gasteiger partial charge in [-0.15, -0.1) is 11.3 Å². The number of aryl methyl sites for hydroxylation is 1. The molecule has 0 aliphatic heterocycles. The number of amides is 2. The number of carbonyl (C=O) groups is 2. The highest BCUT2D eigenvalue weighted by Crippen LogP contribution is 2.17. The van der Waals surface area contributed by atoms with E-state index in [1.807, 2.05) is 48.7 Å². The molecule has 3 rings (SSSR count). The standard InChI is InChI=1S/C21H19N3O3S/c1-15-11-12-28-19(15)13-22-24-21(26)20(25)23-17-7-9-18(10-8-17)27-14-16-5-3-2-4-6-16/h2-13H,14H2,1H3,(H,23,25)(H,24,26)/b22-13-. The van der Waals surface area contributed by atoms with E-state index in [-0.39, 0.29) is 0 Å². The van der Waals surface area contributed by atoms with Gasteiger partial charge in [0.2, 0.25) is 0 Å². The Morgan fingerprint density at radius 1 is 1.04 bits per heavy atom. The number of nitrogens with one attached hydrogen (secondary N) is 2. The monoisotopic (exact) mass is 393 g/mol. The molecule has 2 amide bonds. The molecule has 2 aromatic carbocycles. The zero-order valence-electron chi connectivity index (χ0n) is 15.2. The van der Waals surface area contributed by atoms with Crippen molar-refractivity contribution in [1.29, 1.82) is 0 Å². The first-order chi connectivity index (χ1) is 13.6. The Kier molecular flexibility index (Phi) is 6.54. The summed E-state index contributed by atoms with van der Waals surface area (Å²) in [6, 6.07) is 18.6. The van der Waals surface area contributed by atoms with Crippen LogP contribution in [-0.2, 0) is 16.2 Å². The predicted molar refractivity (Wildman–Crippen MR) is 111 cm³/mol. The third kappa shape index (κ3) is 5.52. The van der Waals surface area contributed by atoms with Gasteiger partial charge in [0, 0.05) is 10.6 Å². The molecule has 0 unspecified atom stereocenters. The number of hydrogen-bond acceptors (Lipinski definition) is 5. The molecule has 0 aliphatic rings. The summed E-state index contributed by atoms with van der Waals surface area (Å²) in [7, 11) is 0. The van der Waals surface area contributed by atoms with Gasteiger partial charge in [-0.05, 0) is 53.8 Å². The summed E-state index contributed by atoms with van der Waals surface area (Å²) >= 11 is 1.50. The second-order valence-electron chi connectivity index (χ2n) is 5.92. The number of benzene rings is 2. The first-order valence-corrected chi connectivity index (χ1v) is 9.45. The molecule has 3 aromatic rings. The SMILES string of the molecule is Cc1ccsc1/C=N\NC(=O)C(=O)Nc1ccc(OCc2ccccc2)cc1. The third-order valence-corrected chi connectivity index (χ3v) is 4.77. The average molecular weight is 393 g/mol. The Balaban J connectivity index is 1.47. The molecule has 1 heterocycles. The Morgan fingerprint density at radius 3 is 2.46 bits per heavy atom. The average Bonchev–Trinajstić information content (AvgIpc) is 3.13. The smallest absolute Gasteiger partial charge is 0.329 e. The highest BCUT2D eigenvalue weighted by Gasteiger charge is 2.13. The molecule has 0 fully saturated rings. The van der Waals surface area contributed by atoms with Crippen molar-refractivity contribution in [3.8, 4) is 5.75 Å². The molecule has 0 bridgehead atoms. The van der Waals surface area contributed by atoms with Gasteiger partial charge in [-0.1, -0.05) is 30.3 Å². The lowest BCUT2D eigenvalue weighted by Crippen LogP contribution is -2.32. The van der Waals surface area contributed by atoms with Gasteiger partial charge < -0.3 is 10.1 Å². The Bertz CT molecular complexity index is 966. The van der Waals surface area contributed by atoms with Gasteiger partial charge in [0.1, 0.15) is 12.4 Å². The molecule has 0 spiro atoms. The van der Waals surface area contributed by atoms with E-state index in [4.69, 9.17) is 4.74 Å². The molecule has 1 aromatic heterocycles. The van der Waals surface area contributed by atoms with Gasteiger partial charge in [-0.2, -0.15) is 5.10 Å². The van der Waals surface area contributed by atoms with Crippen LogP contribution >= 0.6 is 11.3 Å². The van der Waals surface area contributed by atoms with Gasteiger partial charge in [0.15, 0.2) is 0 Å². The van der Waals surface area contributed by atoms with Gasteiger partial charge in [-0.3, -0.25) is 9.59 Å². The second kappa shape index (κ2) is 9.48. The molecule has 142 valence electrons. The van der Waals surface area contributed by atoms with Crippen molar-refractivity contribution in [3.05, 3.63) is 82.0 Å². The lowest BCUT2D eigenvalue weighted by molar-refractivity contribution is -0.136. The molecule has 2 N–H and O–H groups in total. The Labute approximate surface area is 166 Å². The molecular weight excluding hydrogens is 374 g/mol. The van der Waals surface area contributed by atoms with Crippen molar-refractivity contribution in [2.45, 2.75) is 13.5 Å². The van der Waals surface area contributed by atoms with Crippen LogP contribution in [0.15, 0.2) is 71.1 Å². The van der Waals surface area contributed by atoms with Crippen LogP contribution in [0.5, 0.6) is 5.75 Å². The van der Waals surface area contributed by atoms with Gasteiger partial charge in [-0.25, -0.2) is 5.43 Å². The number of ether oxygens (including phenoxy) is 1. The van der Waals surface area contributed by atoms with Crippen molar-refractivity contribution in [2.75, 3.05) is 5.32 Å². The predicted octanol–water partition coefficient (Wildman–Crippen LogP) is 3.72. The van der Waals surface area contributed by atoms with Crippen LogP contribution in [0.4, 0.5) is 5.69 Å². The number of hydrazone groups is 1. The summed E-state index contributed by atoms with van der Waals surface area (Å²) in [5.41, 5.74) is 4.83. The molecule has 0 radical (unpaired) electrons. The Morgan fingerprint density at radius 2 is 1.79 bits per heavy atom. The second-order valence-corrected chi connectivity index (χ2v) is 6.87. The van der Waals surface area contributed by atoms with E-state index in [1.54, 1.807) is 24.3 Å². The maximum Gasteiger partial charge on any atom is 0.329 e. The van der Waals surface area contributed by atoms with Crippen LogP contribution < -0.4 is 15.5 Å². The molecule has 0 saturated carbocycles. The first-order valence-electron chi connectivity index (χ1n) is 8.57. The number of nitrogens with zero attached hydrogens (tertiary/aromatic N) is 1. The topological polar surface area (TPSA) is 79.8 Å². The van der Waals surface area contributed by atoms with Crippen LogP contribution in [-0.4, -0.2) is 18.0 Å². The third-order valence-electron chi connectivity index (χ3n) is 3.82. The van der Waals surface area contributed by atoms with Crippen LogP contribution in [0.25, 0.3) is 0 Å². The van der Waals surface area contributed by atoms with E-state index >= 15 is 0 Å². The van der Waals surface area contributed by atoms with Gasteiger partial charge >= 0.3 is 11.8 Å². The number of hydrogen-bond donors (Lipinski definition) is 2. The minimum absolute atomic E-state index is 0.455. The summed E-state index contributed by atoms with van der Waals surface area (Å²) < 4.78 is 5.69. The fraction of sp³-hybridized carbons (Fsp3) is 0.0952. The zero-order chi connectivity index (χ0) is 19.8. The van der Waals surface area contributed by atoms with Crippen LogP contribution in [0.3, 0.4) is 0 Å². The summed E-state index contributed by atoms with van der Waals surface area (Å²) in [4.78, 5) is 24.7. The van der Waals surface area contributed by atoms with Gasteiger partial charge in [0.05, 0.1) is 6.21 Å². The molecule has 28 heavy (non-hydrogen) atoms. The number of carbonyl (C=O) groups excluding carboxylic acids is 2. The lowest BCUT2D eigenvalue weighted by atomic mass is 10.2. The fourth-order valence-corrected chi connectivity index (χ4v) is 3.07. The van der Waals surface area contributed by atoms with E-state index in [9.17, 15) is 9.59 Å². The van der Waals surface area contributed by atoms with Gasteiger partial charge in [0.25, 0.3) is 0 Å². The van der Waals surface area contributed by atoms with E-state index in [0.717, 1.165) is 16.0 Å². The number of rotatable bonds is 6. The van der Waals surface area contributed by atoms with Crippen molar-refractivity contribution in [1.82, 2.24) is 5.43 Å². The summed E-state index contributed by atoms with van der Waals surface area (Å²) in [5.74, 6) is -0.963. The fourth-order valence-electron chi connectivity index (χ4n) is 2.28. The molecule has 6 nitrogen and oxygen atoms in total. The summed E-state index contributed by atoms with van der Waals surface area (Å²) in [5, 5.41) is 8.26. The van der Waals surface area contributed by atoms with Crippen LogP contribution in [0, 0.1) is 6.92 Å². The largest absolute Gasteiger partial charge is 0.489 e. The van der Waals surface area contributed by atoms with E-state index in [2.05, 4.69) is 15.8 Å². The number of anilines is 1. The molecule has 0 atom stereocenters. The quantitative estimate of drug-likeness (QED) is 0.380. The van der Waals surface area contributed by atoms with Crippen LogP contribution in [0.2, 0.25) is 0 Å². The van der Waals surface area contributed by atoms with E-state index < -0.39 is 11.8 Å². The molecule has 7 heteroatoms. The molecule has 0 aliphatic carbocycles. The minimum Gasteiger partial charge on any atom is -0.489 e. The maximum atomic E-state index is 11.9. The zero-order valence-corrected chi connectivity index (χ0v) is 16.0. The normalized spacial score (nSPS) is 10.6. The molecular formula is C21H19N3O3S. The van der Waals surface area contributed by atoms with Crippen molar-refractivity contribution in [2.24, 2.45) is 5.10 Å². The summed E-state index contributed by atoms with van der Waals surface area (Å²) in [6.45, 7) is 2.40. The van der Waals surface area contributed by atoms with Crippen molar-refractivity contribution in [3.63, 3.8) is 0 Å². The van der Waals surface area contributed by atoms with Crippen LogP contribution in [0.1, 0.15) is 16.0 Å². The van der Waals surface area contributed by atoms with E-state index in [0.29, 0.717) is 18.0 Å². The Hall–Kier alpha value is -3.45. The first kappa shape index (κ1) is 19.3. The van der Waals surface area contributed by atoms with Crippen molar-refractivity contribution < 1.29 is 14.3 Å². The summed E-state index contributed by atoms with van der Waals surface area (Å²) in [6.07, 6.45) is 1.52. The maximum absolute atomic E-state index is 11.9. The lowest BCUT2D eigenvalue weighted by Gasteiger charge is -2.08. The van der Waals surface area contributed by atoms with Crippen molar-refractivity contribution >= 4 is 35.1 Å².